The highest BCUT2D eigenvalue weighted by Gasteiger charge is 2.17. The Morgan fingerprint density at radius 2 is 2.32 bits per heavy atom. The van der Waals surface area contributed by atoms with Gasteiger partial charge >= 0.3 is 0 Å². The first-order valence-electron chi connectivity index (χ1n) is 5.51. The van der Waals surface area contributed by atoms with Crippen LogP contribution in [0.2, 0.25) is 0 Å². The molecular formula is C11H12BrN5OS. The third-order valence-corrected chi connectivity index (χ3v) is 3.94. The van der Waals surface area contributed by atoms with E-state index in [2.05, 4.69) is 36.8 Å². The summed E-state index contributed by atoms with van der Waals surface area (Å²) in [5, 5.41) is 14.3. The van der Waals surface area contributed by atoms with E-state index in [1.165, 1.54) is 16.4 Å². The zero-order valence-electron chi connectivity index (χ0n) is 10.4. The van der Waals surface area contributed by atoms with E-state index in [4.69, 9.17) is 0 Å². The summed E-state index contributed by atoms with van der Waals surface area (Å²) in [5.41, 5.74) is 0.753. The van der Waals surface area contributed by atoms with Gasteiger partial charge in [-0.1, -0.05) is 33.8 Å². The molecule has 0 saturated heterocycles. The largest absolute Gasteiger partial charge is 0.325 e. The predicted octanol–water partition coefficient (Wildman–Crippen LogP) is 2.09. The number of halogens is 1. The van der Waals surface area contributed by atoms with Gasteiger partial charge < -0.3 is 5.32 Å². The zero-order valence-corrected chi connectivity index (χ0v) is 12.8. The van der Waals surface area contributed by atoms with E-state index in [9.17, 15) is 4.79 Å². The molecule has 19 heavy (non-hydrogen) atoms. The van der Waals surface area contributed by atoms with Crippen molar-refractivity contribution in [2.75, 3.05) is 5.32 Å². The molecule has 0 unspecified atom stereocenters. The number of tetrazole rings is 1. The third-order valence-electron chi connectivity index (χ3n) is 2.32. The Hall–Kier alpha value is -1.41. The maximum Gasteiger partial charge on any atom is 0.237 e. The number of amides is 1. The van der Waals surface area contributed by atoms with Crippen LogP contribution in [0.3, 0.4) is 0 Å². The van der Waals surface area contributed by atoms with Crippen LogP contribution in [0.15, 0.2) is 33.9 Å². The van der Waals surface area contributed by atoms with Crippen molar-refractivity contribution < 1.29 is 4.79 Å². The first kappa shape index (κ1) is 14.0. The first-order chi connectivity index (χ1) is 9.06. The molecular weight excluding hydrogens is 330 g/mol. The van der Waals surface area contributed by atoms with E-state index in [1.54, 1.807) is 7.05 Å². The second-order valence-electron chi connectivity index (χ2n) is 3.84. The molecule has 100 valence electrons. The Morgan fingerprint density at radius 1 is 1.53 bits per heavy atom. The molecule has 1 atom stereocenters. The minimum Gasteiger partial charge on any atom is -0.325 e. The molecule has 0 radical (unpaired) electrons. The normalized spacial score (nSPS) is 12.2. The SMILES string of the molecule is C[C@H](Sc1nnnn1C)C(=O)Nc1cccc(Br)c1. The number of rotatable bonds is 4. The van der Waals surface area contributed by atoms with Crippen molar-refractivity contribution in [3.8, 4) is 0 Å². The molecule has 0 saturated carbocycles. The molecule has 0 fully saturated rings. The highest BCUT2D eigenvalue weighted by Crippen LogP contribution is 2.21. The smallest absolute Gasteiger partial charge is 0.237 e. The van der Waals surface area contributed by atoms with E-state index in [0.717, 1.165) is 10.2 Å². The molecule has 0 aliphatic carbocycles. The zero-order chi connectivity index (χ0) is 13.8. The third kappa shape index (κ3) is 3.77. The molecule has 6 nitrogen and oxygen atoms in total. The number of anilines is 1. The highest BCUT2D eigenvalue weighted by atomic mass is 79.9. The van der Waals surface area contributed by atoms with E-state index in [0.29, 0.717) is 5.16 Å². The molecule has 1 N–H and O–H groups in total. The molecule has 0 aliphatic rings. The van der Waals surface area contributed by atoms with E-state index in [-0.39, 0.29) is 11.2 Å². The fourth-order valence-corrected chi connectivity index (χ4v) is 2.50. The lowest BCUT2D eigenvalue weighted by Crippen LogP contribution is -2.22. The summed E-state index contributed by atoms with van der Waals surface area (Å²) in [6.45, 7) is 1.81. The van der Waals surface area contributed by atoms with Crippen LogP contribution < -0.4 is 5.32 Å². The summed E-state index contributed by atoms with van der Waals surface area (Å²) in [7, 11) is 1.74. The fourth-order valence-electron chi connectivity index (χ4n) is 1.34. The van der Waals surface area contributed by atoms with Gasteiger partial charge in [0.15, 0.2) is 0 Å². The molecule has 0 bridgehead atoms. The van der Waals surface area contributed by atoms with Gasteiger partial charge in [-0.15, -0.1) is 5.10 Å². The number of carbonyl (C=O) groups excluding carboxylic acids is 1. The van der Waals surface area contributed by atoms with Crippen LogP contribution in [-0.2, 0) is 11.8 Å². The van der Waals surface area contributed by atoms with Gasteiger partial charge in [0.05, 0.1) is 5.25 Å². The maximum absolute atomic E-state index is 12.0. The average Bonchev–Trinajstić information content (AvgIpc) is 2.75. The van der Waals surface area contributed by atoms with Gasteiger partial charge in [-0.3, -0.25) is 4.79 Å². The summed E-state index contributed by atoms with van der Waals surface area (Å²) in [5.74, 6) is -0.0916. The molecule has 1 heterocycles. The number of nitrogens with zero attached hydrogens (tertiary/aromatic N) is 4. The van der Waals surface area contributed by atoms with Crippen molar-refractivity contribution in [1.82, 2.24) is 20.2 Å². The van der Waals surface area contributed by atoms with Crippen molar-refractivity contribution >= 4 is 39.3 Å². The number of carbonyl (C=O) groups is 1. The van der Waals surface area contributed by atoms with Gasteiger partial charge in [0.1, 0.15) is 0 Å². The number of benzene rings is 1. The molecule has 8 heteroatoms. The van der Waals surface area contributed by atoms with Crippen molar-refractivity contribution in [3.63, 3.8) is 0 Å². The topological polar surface area (TPSA) is 72.7 Å². The van der Waals surface area contributed by atoms with E-state index >= 15 is 0 Å². The minimum atomic E-state index is -0.288. The lowest BCUT2D eigenvalue weighted by molar-refractivity contribution is -0.115. The average molecular weight is 342 g/mol. The Balaban J connectivity index is 1.98. The van der Waals surface area contributed by atoms with Crippen molar-refractivity contribution in [2.45, 2.75) is 17.3 Å². The van der Waals surface area contributed by atoms with Gasteiger partial charge in [-0.2, -0.15) is 0 Å². The minimum absolute atomic E-state index is 0.0916. The monoisotopic (exact) mass is 341 g/mol. The number of nitrogens with one attached hydrogen (secondary N) is 1. The van der Waals surface area contributed by atoms with Crippen molar-refractivity contribution in [2.24, 2.45) is 7.05 Å². The lowest BCUT2D eigenvalue weighted by atomic mass is 10.3. The molecule has 1 amide bonds. The van der Waals surface area contributed by atoms with Crippen LogP contribution in [-0.4, -0.2) is 31.4 Å². The number of thioether (sulfide) groups is 1. The fraction of sp³-hybridized carbons (Fsp3) is 0.273. The number of aromatic nitrogens is 4. The van der Waals surface area contributed by atoms with Crippen molar-refractivity contribution in [3.05, 3.63) is 28.7 Å². The van der Waals surface area contributed by atoms with Gasteiger partial charge in [0.2, 0.25) is 11.1 Å². The molecule has 2 aromatic rings. The Bertz CT molecular complexity index is 588. The number of hydrogen-bond donors (Lipinski definition) is 1. The van der Waals surface area contributed by atoms with Gasteiger partial charge in [-0.05, 0) is 35.5 Å². The summed E-state index contributed by atoms with van der Waals surface area (Å²) >= 11 is 4.67. The Kier molecular flexibility index (Phi) is 4.54. The van der Waals surface area contributed by atoms with Crippen LogP contribution in [0.5, 0.6) is 0 Å². The lowest BCUT2D eigenvalue weighted by Gasteiger charge is -2.11. The molecule has 0 aliphatic heterocycles. The van der Waals surface area contributed by atoms with Gasteiger partial charge in [0.25, 0.3) is 0 Å². The number of aryl methyl sites for hydroxylation is 1. The van der Waals surface area contributed by atoms with Gasteiger partial charge in [-0.25, -0.2) is 4.68 Å². The van der Waals surface area contributed by atoms with Crippen molar-refractivity contribution in [1.29, 1.82) is 0 Å². The van der Waals surface area contributed by atoms with Crippen LogP contribution in [0, 0.1) is 0 Å². The van der Waals surface area contributed by atoms with Crippen LogP contribution >= 0.6 is 27.7 Å². The summed E-state index contributed by atoms with van der Waals surface area (Å²) in [6, 6.07) is 7.45. The number of hydrogen-bond acceptors (Lipinski definition) is 5. The van der Waals surface area contributed by atoms with E-state index < -0.39 is 0 Å². The Labute approximate surface area is 123 Å². The van der Waals surface area contributed by atoms with E-state index in [1.807, 2.05) is 31.2 Å². The maximum atomic E-state index is 12.0. The first-order valence-corrected chi connectivity index (χ1v) is 7.19. The second-order valence-corrected chi connectivity index (χ2v) is 6.07. The standard InChI is InChI=1S/C11H12BrN5OS/c1-7(19-11-14-15-16-17(11)2)10(18)13-9-5-3-4-8(12)6-9/h3-7H,1-2H3,(H,13,18)/t7-/m0/s1. The Morgan fingerprint density at radius 3 is 2.95 bits per heavy atom. The van der Waals surface area contributed by atoms with Crippen LogP contribution in [0.25, 0.3) is 0 Å². The van der Waals surface area contributed by atoms with Gasteiger partial charge in [0, 0.05) is 17.2 Å². The van der Waals surface area contributed by atoms with Crippen LogP contribution in [0.4, 0.5) is 5.69 Å². The van der Waals surface area contributed by atoms with Crippen LogP contribution in [0.1, 0.15) is 6.92 Å². The second kappa shape index (κ2) is 6.16. The highest BCUT2D eigenvalue weighted by molar-refractivity contribution is 9.10. The molecule has 1 aromatic heterocycles. The molecule has 2 rings (SSSR count). The molecule has 1 aromatic carbocycles. The predicted molar refractivity (Wildman–Crippen MR) is 76.9 cm³/mol. The molecule has 0 spiro atoms. The summed E-state index contributed by atoms with van der Waals surface area (Å²) < 4.78 is 2.45. The summed E-state index contributed by atoms with van der Waals surface area (Å²) in [4.78, 5) is 12.0. The quantitative estimate of drug-likeness (QED) is 0.862. The summed E-state index contributed by atoms with van der Waals surface area (Å²) in [6.07, 6.45) is 0.